The van der Waals surface area contributed by atoms with Crippen LogP contribution in [0, 0.1) is 10.1 Å². The lowest BCUT2D eigenvalue weighted by atomic mass is 9.96. The topological polar surface area (TPSA) is 126 Å². The summed E-state index contributed by atoms with van der Waals surface area (Å²) >= 11 is 1.09. The summed E-state index contributed by atoms with van der Waals surface area (Å²) in [6.45, 7) is 7.52. The first-order valence-corrected chi connectivity index (χ1v) is 11.4. The first-order chi connectivity index (χ1) is 16.8. The average Bonchev–Trinajstić information content (AvgIpc) is 3.42. The van der Waals surface area contributed by atoms with Crippen LogP contribution in [0.2, 0.25) is 0 Å². The number of hydrogen-bond acceptors (Lipinski definition) is 9. The van der Waals surface area contributed by atoms with Crippen LogP contribution in [-0.4, -0.2) is 28.7 Å². The molecule has 0 saturated carbocycles. The summed E-state index contributed by atoms with van der Waals surface area (Å²) in [5.41, 5.74) is 0.926. The Labute approximate surface area is 202 Å². The van der Waals surface area contributed by atoms with Crippen molar-refractivity contribution in [2.75, 3.05) is 13.2 Å². The lowest BCUT2D eigenvalue weighted by Crippen LogP contribution is -2.39. The fourth-order valence-corrected chi connectivity index (χ4v) is 4.68. The van der Waals surface area contributed by atoms with Crippen LogP contribution in [-0.2, 0) is 9.53 Å². The second-order valence-electron chi connectivity index (χ2n) is 7.40. The van der Waals surface area contributed by atoms with E-state index in [0.29, 0.717) is 28.4 Å². The molecule has 3 heterocycles. The summed E-state index contributed by atoms with van der Waals surface area (Å²) in [5.74, 6) is -0.231. The molecule has 1 unspecified atom stereocenters. The molecule has 35 heavy (non-hydrogen) atoms. The van der Waals surface area contributed by atoms with Gasteiger partial charge in [0.05, 0.1) is 34.5 Å². The number of thiazole rings is 1. The minimum absolute atomic E-state index is 0.156. The van der Waals surface area contributed by atoms with Crippen molar-refractivity contribution < 1.29 is 23.6 Å². The molecule has 1 atom stereocenters. The summed E-state index contributed by atoms with van der Waals surface area (Å²) in [7, 11) is 0. The molecule has 0 saturated heterocycles. The SMILES string of the molecule is C=CCOc1ccc(C2C(C(=O)OCC)=C(C)N=c3s/c(=C/c4ccc([N+](=O)[O-])o4)c(=O)n32)cc1. The molecular formula is C24H21N3O7S. The summed E-state index contributed by atoms with van der Waals surface area (Å²) in [6.07, 6.45) is 3.05. The van der Waals surface area contributed by atoms with Gasteiger partial charge in [0.15, 0.2) is 4.80 Å². The van der Waals surface area contributed by atoms with E-state index in [-0.39, 0.29) is 22.5 Å². The zero-order valence-corrected chi connectivity index (χ0v) is 19.7. The molecule has 11 heteroatoms. The molecule has 10 nitrogen and oxygen atoms in total. The van der Waals surface area contributed by atoms with E-state index in [0.717, 1.165) is 11.3 Å². The van der Waals surface area contributed by atoms with E-state index in [2.05, 4.69) is 11.6 Å². The minimum atomic E-state index is -0.785. The number of furan rings is 1. The van der Waals surface area contributed by atoms with Crippen LogP contribution in [0.25, 0.3) is 6.08 Å². The highest BCUT2D eigenvalue weighted by Gasteiger charge is 2.33. The third kappa shape index (κ3) is 4.71. The number of rotatable bonds is 8. The standard InChI is InChI=1S/C24H21N3O7S/c1-4-12-33-16-8-6-15(7-9-16)21-20(23(29)32-5-2)14(3)25-24-26(21)22(28)18(35-24)13-17-10-11-19(34-17)27(30)31/h4,6-11,13,21H,1,5,12H2,2-3H3/b18-13+. The number of fused-ring (bicyclic) bond motifs is 1. The fraction of sp³-hybridized carbons (Fsp3) is 0.208. The molecule has 0 bridgehead atoms. The highest BCUT2D eigenvalue weighted by Crippen LogP contribution is 2.31. The molecule has 0 aliphatic carbocycles. The Bertz CT molecular complexity index is 1510. The second kappa shape index (κ2) is 9.94. The van der Waals surface area contributed by atoms with E-state index >= 15 is 0 Å². The third-order valence-corrected chi connectivity index (χ3v) is 6.13. The van der Waals surface area contributed by atoms with Crippen molar-refractivity contribution in [2.45, 2.75) is 19.9 Å². The zero-order chi connectivity index (χ0) is 25.1. The van der Waals surface area contributed by atoms with Crippen molar-refractivity contribution >= 4 is 29.3 Å². The van der Waals surface area contributed by atoms with Gasteiger partial charge in [0.1, 0.15) is 23.0 Å². The van der Waals surface area contributed by atoms with Gasteiger partial charge in [0.25, 0.3) is 5.56 Å². The number of hydrogen-bond donors (Lipinski definition) is 0. The molecule has 0 spiro atoms. The van der Waals surface area contributed by atoms with Gasteiger partial charge in [-0.05, 0) is 37.6 Å². The summed E-state index contributed by atoms with van der Waals surface area (Å²) in [4.78, 5) is 41.5. The largest absolute Gasteiger partial charge is 0.490 e. The summed E-state index contributed by atoms with van der Waals surface area (Å²) in [6, 6.07) is 8.87. The maximum atomic E-state index is 13.5. The third-order valence-electron chi connectivity index (χ3n) is 5.15. The van der Waals surface area contributed by atoms with Gasteiger partial charge < -0.3 is 13.9 Å². The first kappa shape index (κ1) is 23.9. The van der Waals surface area contributed by atoms with Gasteiger partial charge in [0, 0.05) is 6.08 Å². The smallest absolute Gasteiger partial charge is 0.433 e. The Morgan fingerprint density at radius 2 is 2.06 bits per heavy atom. The van der Waals surface area contributed by atoms with Gasteiger partial charge in [-0.3, -0.25) is 19.5 Å². The van der Waals surface area contributed by atoms with E-state index in [1.807, 2.05) is 0 Å². The Kier molecular flexibility index (Phi) is 6.78. The van der Waals surface area contributed by atoms with Gasteiger partial charge in [-0.1, -0.05) is 36.1 Å². The number of esters is 1. The fourth-order valence-electron chi connectivity index (χ4n) is 3.66. The van der Waals surface area contributed by atoms with Crippen LogP contribution in [0.4, 0.5) is 5.88 Å². The molecule has 180 valence electrons. The van der Waals surface area contributed by atoms with E-state index in [9.17, 15) is 19.7 Å². The Hall–Kier alpha value is -4.25. The molecule has 2 aromatic heterocycles. The van der Waals surface area contributed by atoms with E-state index in [4.69, 9.17) is 13.9 Å². The molecular weight excluding hydrogens is 474 g/mol. The van der Waals surface area contributed by atoms with Crippen molar-refractivity contribution in [1.82, 2.24) is 4.57 Å². The highest BCUT2D eigenvalue weighted by atomic mass is 32.1. The van der Waals surface area contributed by atoms with Gasteiger partial charge in [-0.15, -0.1) is 0 Å². The molecule has 0 fully saturated rings. The van der Waals surface area contributed by atoms with Gasteiger partial charge in [0.2, 0.25) is 0 Å². The molecule has 4 rings (SSSR count). The summed E-state index contributed by atoms with van der Waals surface area (Å²) in [5, 5.41) is 10.9. The van der Waals surface area contributed by atoms with Crippen molar-refractivity contribution in [2.24, 2.45) is 4.99 Å². The van der Waals surface area contributed by atoms with Crippen molar-refractivity contribution in [3.8, 4) is 5.75 Å². The van der Waals surface area contributed by atoms with E-state index in [1.54, 1.807) is 44.2 Å². The second-order valence-corrected chi connectivity index (χ2v) is 8.41. The van der Waals surface area contributed by atoms with Crippen molar-refractivity contribution in [3.05, 3.63) is 101 Å². The van der Waals surface area contributed by atoms with Crippen LogP contribution < -0.4 is 19.6 Å². The number of aromatic nitrogens is 1. The number of benzene rings is 1. The number of carbonyl (C=O) groups excluding carboxylic acids is 1. The number of nitrogens with zero attached hydrogens (tertiary/aromatic N) is 3. The normalized spacial score (nSPS) is 15.4. The van der Waals surface area contributed by atoms with Crippen molar-refractivity contribution in [3.63, 3.8) is 0 Å². The average molecular weight is 496 g/mol. The predicted molar refractivity (Wildman–Crippen MR) is 128 cm³/mol. The molecule has 0 radical (unpaired) electrons. The van der Waals surface area contributed by atoms with Gasteiger partial charge >= 0.3 is 11.9 Å². The van der Waals surface area contributed by atoms with Crippen LogP contribution in [0.1, 0.15) is 31.2 Å². The molecule has 1 aliphatic heterocycles. The quantitative estimate of drug-likeness (QED) is 0.204. The van der Waals surface area contributed by atoms with Crippen LogP contribution in [0.3, 0.4) is 0 Å². The molecule has 0 amide bonds. The van der Waals surface area contributed by atoms with Crippen LogP contribution in [0.5, 0.6) is 5.75 Å². The molecule has 3 aromatic rings. The maximum Gasteiger partial charge on any atom is 0.433 e. The monoisotopic (exact) mass is 495 g/mol. The Morgan fingerprint density at radius 3 is 2.69 bits per heavy atom. The lowest BCUT2D eigenvalue weighted by molar-refractivity contribution is -0.402. The van der Waals surface area contributed by atoms with E-state index in [1.165, 1.54) is 22.8 Å². The Balaban J connectivity index is 1.87. The summed E-state index contributed by atoms with van der Waals surface area (Å²) < 4.78 is 17.7. The number of ether oxygens (including phenoxy) is 2. The first-order valence-electron chi connectivity index (χ1n) is 10.6. The van der Waals surface area contributed by atoms with Crippen LogP contribution >= 0.6 is 11.3 Å². The number of allylic oxidation sites excluding steroid dienone is 1. The van der Waals surface area contributed by atoms with Crippen molar-refractivity contribution in [1.29, 1.82) is 0 Å². The van der Waals surface area contributed by atoms with Gasteiger partial charge in [-0.25, -0.2) is 9.79 Å². The highest BCUT2D eigenvalue weighted by molar-refractivity contribution is 7.07. The predicted octanol–water partition coefficient (Wildman–Crippen LogP) is 2.86. The lowest BCUT2D eigenvalue weighted by Gasteiger charge is -2.24. The van der Waals surface area contributed by atoms with Crippen LogP contribution in [0.15, 0.2) is 74.5 Å². The number of carbonyl (C=O) groups is 1. The molecule has 1 aliphatic rings. The minimum Gasteiger partial charge on any atom is -0.490 e. The molecule has 1 aromatic carbocycles. The molecule has 0 N–H and O–H groups in total. The van der Waals surface area contributed by atoms with Gasteiger partial charge in [-0.2, -0.15) is 0 Å². The Morgan fingerprint density at radius 1 is 1.31 bits per heavy atom. The zero-order valence-electron chi connectivity index (χ0n) is 18.9. The maximum absolute atomic E-state index is 13.5. The van der Waals surface area contributed by atoms with E-state index < -0.39 is 28.4 Å². The number of nitro groups is 1.